The first kappa shape index (κ1) is 33.8. The van der Waals surface area contributed by atoms with Gasteiger partial charge in [-0.3, -0.25) is 0 Å². The molecule has 4 aromatic carbocycles. The Balaban J connectivity index is 1.32. The van der Waals surface area contributed by atoms with Crippen molar-refractivity contribution in [3.05, 3.63) is 119 Å². The van der Waals surface area contributed by atoms with Crippen LogP contribution in [0.1, 0.15) is 48.9 Å². The molecular formula is C41H52N2O2+2. The van der Waals surface area contributed by atoms with Gasteiger partial charge in [0.1, 0.15) is 11.5 Å². The molecule has 0 aliphatic heterocycles. The van der Waals surface area contributed by atoms with Gasteiger partial charge in [0.2, 0.25) is 0 Å². The Morgan fingerprint density at radius 1 is 0.600 bits per heavy atom. The first-order valence-corrected chi connectivity index (χ1v) is 16.5. The van der Waals surface area contributed by atoms with Gasteiger partial charge in [-0.25, -0.2) is 0 Å². The third-order valence-corrected chi connectivity index (χ3v) is 8.53. The number of rotatable bonds is 17. The lowest BCUT2D eigenvalue weighted by atomic mass is 10.0. The van der Waals surface area contributed by atoms with Crippen LogP contribution < -0.4 is 14.4 Å². The standard InChI is InChI=1S/C41H51N2O2/c1-6-42(3)30-12-32-44-40-16-10-8-14-38(40)28-22-34-18-24-36(25-19-34)37-26-20-35(21-27-37)23-29-39-15-9-11-17-41(39)45-33-13-31-43(4,5)7-2/h8-11,14-29H,6-7,12-13,30-33H2,1-5H3/q+1/p+1/b28-22+,29-23+. The van der Waals surface area contributed by atoms with E-state index in [1.165, 1.54) is 16.0 Å². The molecule has 4 aromatic rings. The molecule has 1 unspecified atom stereocenters. The Hall–Kier alpha value is -4.12. The number of nitrogens with zero attached hydrogens (tertiary/aromatic N) is 1. The van der Waals surface area contributed by atoms with Crippen molar-refractivity contribution in [3.63, 3.8) is 0 Å². The Morgan fingerprint density at radius 2 is 1.07 bits per heavy atom. The predicted octanol–water partition coefficient (Wildman–Crippen LogP) is 7.86. The van der Waals surface area contributed by atoms with Crippen LogP contribution >= 0.6 is 0 Å². The third kappa shape index (κ3) is 11.1. The summed E-state index contributed by atoms with van der Waals surface area (Å²) in [7, 11) is 6.76. The summed E-state index contributed by atoms with van der Waals surface area (Å²) in [6.45, 7) is 10.4. The minimum atomic E-state index is 0.732. The highest BCUT2D eigenvalue weighted by atomic mass is 16.5. The number of quaternary nitrogens is 2. The van der Waals surface area contributed by atoms with Gasteiger partial charge in [-0.05, 0) is 48.2 Å². The summed E-state index contributed by atoms with van der Waals surface area (Å²) >= 11 is 0. The average Bonchev–Trinajstić information content (AvgIpc) is 3.08. The number of benzene rings is 4. The van der Waals surface area contributed by atoms with Crippen molar-refractivity contribution in [2.75, 3.05) is 60.5 Å². The Morgan fingerprint density at radius 3 is 1.53 bits per heavy atom. The van der Waals surface area contributed by atoms with Crippen molar-refractivity contribution in [1.29, 1.82) is 0 Å². The summed E-state index contributed by atoms with van der Waals surface area (Å²) in [5.74, 6) is 1.88. The summed E-state index contributed by atoms with van der Waals surface area (Å²) in [6, 6.07) is 34.0. The molecule has 0 radical (unpaired) electrons. The van der Waals surface area contributed by atoms with E-state index in [4.69, 9.17) is 9.47 Å². The second kappa shape index (κ2) is 17.4. The average molecular weight is 605 g/mol. The molecule has 4 rings (SSSR count). The molecule has 4 heteroatoms. The zero-order valence-corrected chi connectivity index (χ0v) is 28.0. The minimum absolute atomic E-state index is 0.732. The van der Waals surface area contributed by atoms with E-state index < -0.39 is 0 Å². The third-order valence-electron chi connectivity index (χ3n) is 8.53. The molecule has 0 amide bonds. The van der Waals surface area contributed by atoms with Gasteiger partial charge in [-0.1, -0.05) is 109 Å². The Labute approximate surface area is 271 Å². The van der Waals surface area contributed by atoms with Gasteiger partial charge in [0.25, 0.3) is 0 Å². The van der Waals surface area contributed by atoms with Crippen LogP contribution in [0.2, 0.25) is 0 Å². The Bertz CT molecular complexity index is 1500. The van der Waals surface area contributed by atoms with Crippen molar-refractivity contribution in [3.8, 4) is 22.6 Å². The molecule has 0 aliphatic rings. The molecule has 4 nitrogen and oxygen atoms in total. The number of ether oxygens (including phenoxy) is 2. The number of nitrogens with one attached hydrogen (secondary N) is 1. The highest BCUT2D eigenvalue weighted by Gasteiger charge is 2.11. The van der Waals surface area contributed by atoms with Gasteiger partial charge in [-0.15, -0.1) is 0 Å². The van der Waals surface area contributed by atoms with E-state index in [1.807, 2.05) is 12.1 Å². The molecule has 0 fully saturated rings. The van der Waals surface area contributed by atoms with Crippen molar-refractivity contribution in [2.45, 2.75) is 26.7 Å². The second-order valence-electron chi connectivity index (χ2n) is 12.4. The fourth-order valence-corrected chi connectivity index (χ4v) is 5.01. The van der Waals surface area contributed by atoms with Gasteiger partial charge in [0, 0.05) is 24.0 Å². The van der Waals surface area contributed by atoms with E-state index in [1.54, 1.807) is 0 Å². The molecule has 0 saturated carbocycles. The topological polar surface area (TPSA) is 22.9 Å². The maximum atomic E-state index is 6.16. The van der Waals surface area contributed by atoms with Crippen LogP contribution in [0.15, 0.2) is 97.1 Å². The maximum Gasteiger partial charge on any atom is 0.126 e. The predicted molar refractivity (Wildman–Crippen MR) is 193 cm³/mol. The van der Waals surface area contributed by atoms with Gasteiger partial charge in [-0.2, -0.15) is 0 Å². The smallest absolute Gasteiger partial charge is 0.126 e. The van der Waals surface area contributed by atoms with E-state index in [2.05, 4.69) is 144 Å². The minimum Gasteiger partial charge on any atom is -0.493 e. The summed E-state index contributed by atoms with van der Waals surface area (Å²) in [4.78, 5) is 1.53. The van der Waals surface area contributed by atoms with E-state index in [0.29, 0.717) is 0 Å². The highest BCUT2D eigenvalue weighted by molar-refractivity contribution is 5.76. The van der Waals surface area contributed by atoms with Crippen molar-refractivity contribution < 1.29 is 18.9 Å². The monoisotopic (exact) mass is 604 g/mol. The van der Waals surface area contributed by atoms with Crippen LogP contribution in [0.3, 0.4) is 0 Å². The number of para-hydroxylation sites is 2. The zero-order valence-electron chi connectivity index (χ0n) is 28.0. The van der Waals surface area contributed by atoms with Crippen LogP contribution in [0, 0.1) is 0 Å². The second-order valence-corrected chi connectivity index (χ2v) is 12.4. The van der Waals surface area contributed by atoms with E-state index in [9.17, 15) is 0 Å². The molecule has 0 aliphatic carbocycles. The lowest BCUT2D eigenvalue weighted by Crippen LogP contribution is -3.08. The van der Waals surface area contributed by atoms with Crippen LogP contribution in [-0.2, 0) is 0 Å². The van der Waals surface area contributed by atoms with E-state index in [-0.39, 0.29) is 0 Å². The largest absolute Gasteiger partial charge is 0.493 e. The van der Waals surface area contributed by atoms with E-state index >= 15 is 0 Å². The zero-order chi connectivity index (χ0) is 31.9. The molecule has 45 heavy (non-hydrogen) atoms. The van der Waals surface area contributed by atoms with Crippen LogP contribution in [0.25, 0.3) is 35.4 Å². The van der Waals surface area contributed by atoms with Crippen molar-refractivity contribution in [1.82, 2.24) is 0 Å². The summed E-state index contributed by atoms with van der Waals surface area (Å²) in [5, 5.41) is 0. The summed E-state index contributed by atoms with van der Waals surface area (Å²) in [5.41, 5.74) is 6.93. The summed E-state index contributed by atoms with van der Waals surface area (Å²) in [6.07, 6.45) is 10.7. The first-order valence-electron chi connectivity index (χ1n) is 16.5. The van der Waals surface area contributed by atoms with Gasteiger partial charge >= 0.3 is 0 Å². The molecular weight excluding hydrogens is 552 g/mol. The van der Waals surface area contributed by atoms with Gasteiger partial charge < -0.3 is 18.9 Å². The molecule has 0 bridgehead atoms. The van der Waals surface area contributed by atoms with Crippen LogP contribution in [0.4, 0.5) is 0 Å². The lowest BCUT2D eigenvalue weighted by molar-refractivity contribution is -0.888. The number of hydrogen-bond donors (Lipinski definition) is 1. The first-order chi connectivity index (χ1) is 21.9. The molecule has 1 N–H and O–H groups in total. The fourth-order valence-electron chi connectivity index (χ4n) is 5.01. The fraction of sp³-hybridized carbons (Fsp3) is 0.317. The number of hydrogen-bond acceptors (Lipinski definition) is 2. The van der Waals surface area contributed by atoms with Gasteiger partial charge in [0.05, 0.1) is 60.5 Å². The van der Waals surface area contributed by atoms with Crippen molar-refractivity contribution >= 4 is 24.3 Å². The lowest BCUT2D eigenvalue weighted by Gasteiger charge is -2.28. The van der Waals surface area contributed by atoms with Crippen molar-refractivity contribution in [2.24, 2.45) is 0 Å². The normalized spacial score (nSPS) is 12.6. The quantitative estimate of drug-likeness (QED) is 0.0753. The molecule has 1 atom stereocenters. The van der Waals surface area contributed by atoms with Gasteiger partial charge in [0.15, 0.2) is 0 Å². The SMILES string of the molecule is CC[NH+](C)CCCOc1ccccc1/C=C/c1ccc(-c2ccc(/C=C/c3ccccc3OCCC[N+](C)(C)CC)cc2)cc1. The molecule has 0 heterocycles. The Kier molecular flexibility index (Phi) is 13.0. The molecule has 0 spiro atoms. The molecule has 236 valence electrons. The highest BCUT2D eigenvalue weighted by Crippen LogP contribution is 2.25. The maximum absolute atomic E-state index is 6.16. The summed E-state index contributed by atoms with van der Waals surface area (Å²) < 4.78 is 13.3. The molecule has 0 saturated heterocycles. The van der Waals surface area contributed by atoms with E-state index in [0.717, 1.165) is 90.5 Å². The van der Waals surface area contributed by atoms with Crippen LogP contribution in [-0.4, -0.2) is 65.0 Å². The van der Waals surface area contributed by atoms with Crippen LogP contribution in [0.5, 0.6) is 11.5 Å². The molecule has 0 aromatic heterocycles.